The molecule has 0 fully saturated rings. The third kappa shape index (κ3) is 2.02. The smallest absolute Gasteiger partial charge is 0.0974 e. The first-order valence-electron chi connectivity index (χ1n) is 3.18. The zero-order valence-electron chi connectivity index (χ0n) is 5.84. The third-order valence-electron chi connectivity index (χ3n) is 1.17. The molecule has 0 saturated heterocycles. The molecule has 0 amide bonds. The molecule has 0 radical (unpaired) electrons. The van der Waals surface area contributed by atoms with E-state index in [1.165, 1.54) is 13.0 Å². The second kappa shape index (κ2) is 3.16. The summed E-state index contributed by atoms with van der Waals surface area (Å²) in [7, 11) is 0. The van der Waals surface area contributed by atoms with Crippen molar-refractivity contribution in [1.82, 2.24) is 0 Å². The summed E-state index contributed by atoms with van der Waals surface area (Å²) in [4.78, 5) is 0. The van der Waals surface area contributed by atoms with Crippen LogP contribution in [0, 0.1) is 0 Å². The van der Waals surface area contributed by atoms with E-state index in [1.807, 2.05) is 30.3 Å². The maximum absolute atomic E-state index is 12.2. The van der Waals surface area contributed by atoms with Gasteiger partial charge in [0.15, 0.2) is 0 Å². The van der Waals surface area contributed by atoms with Crippen molar-refractivity contribution in [3.63, 3.8) is 0 Å². The molecule has 0 saturated carbocycles. The Kier molecular flexibility index (Phi) is 2.21. The van der Waals surface area contributed by atoms with Gasteiger partial charge in [-0.2, -0.15) is 0 Å². The first kappa shape index (κ1) is 7.00. The molecule has 1 heteroatoms. The highest BCUT2D eigenvalue weighted by Gasteiger charge is 1.84. The van der Waals surface area contributed by atoms with E-state index in [0.29, 0.717) is 0 Å². The van der Waals surface area contributed by atoms with Crippen molar-refractivity contribution in [2.45, 2.75) is 6.92 Å². The van der Waals surface area contributed by atoms with E-state index in [1.54, 1.807) is 0 Å². The summed E-state index contributed by atoms with van der Waals surface area (Å²) in [5, 5.41) is 0. The Morgan fingerprint density at radius 3 is 2.40 bits per heavy atom. The monoisotopic (exact) mass is 136 g/mol. The number of benzene rings is 1. The Morgan fingerprint density at radius 2 is 1.90 bits per heavy atom. The zero-order valence-corrected chi connectivity index (χ0v) is 5.84. The van der Waals surface area contributed by atoms with Crippen molar-refractivity contribution in [3.8, 4) is 0 Å². The average molecular weight is 136 g/mol. The molecule has 52 valence electrons. The van der Waals surface area contributed by atoms with Crippen molar-refractivity contribution in [1.29, 1.82) is 0 Å². The van der Waals surface area contributed by atoms with E-state index in [0.717, 1.165) is 5.56 Å². The predicted molar refractivity (Wildman–Crippen MR) is 41.2 cm³/mol. The van der Waals surface area contributed by atoms with Gasteiger partial charge in [-0.25, -0.2) is 4.39 Å². The first-order chi connectivity index (χ1) is 4.79. The molecule has 0 aromatic heterocycles. The van der Waals surface area contributed by atoms with Crippen LogP contribution in [-0.2, 0) is 0 Å². The quantitative estimate of drug-likeness (QED) is 0.556. The number of hydrogen-bond acceptors (Lipinski definition) is 0. The summed E-state index contributed by atoms with van der Waals surface area (Å²) in [5.74, 6) is -0.161. The molecule has 0 aliphatic carbocycles. The van der Waals surface area contributed by atoms with Crippen LogP contribution < -0.4 is 0 Å². The van der Waals surface area contributed by atoms with Gasteiger partial charge < -0.3 is 0 Å². The van der Waals surface area contributed by atoms with E-state index >= 15 is 0 Å². The van der Waals surface area contributed by atoms with Gasteiger partial charge in [0.25, 0.3) is 0 Å². The Balaban J connectivity index is 2.87. The van der Waals surface area contributed by atoms with Gasteiger partial charge >= 0.3 is 0 Å². The van der Waals surface area contributed by atoms with Gasteiger partial charge in [-0.3, -0.25) is 0 Å². The lowest BCUT2D eigenvalue weighted by molar-refractivity contribution is 0.648. The van der Waals surface area contributed by atoms with Crippen molar-refractivity contribution < 1.29 is 4.39 Å². The molecule has 0 heterocycles. The SMILES string of the molecule is C/C(F)=C/c1ccccc1. The highest BCUT2D eigenvalue weighted by atomic mass is 19.1. The molecule has 0 aliphatic rings. The summed E-state index contributed by atoms with van der Waals surface area (Å²) >= 11 is 0. The Hall–Kier alpha value is -1.11. The molecule has 0 spiro atoms. The maximum atomic E-state index is 12.2. The molecule has 1 rings (SSSR count). The minimum Gasteiger partial charge on any atom is -0.212 e. The third-order valence-corrected chi connectivity index (χ3v) is 1.17. The van der Waals surface area contributed by atoms with Crippen LogP contribution in [0.4, 0.5) is 4.39 Å². The topological polar surface area (TPSA) is 0 Å². The summed E-state index contributed by atoms with van der Waals surface area (Å²) < 4.78 is 12.2. The van der Waals surface area contributed by atoms with E-state index < -0.39 is 0 Å². The van der Waals surface area contributed by atoms with Crippen LogP contribution in [-0.4, -0.2) is 0 Å². The van der Waals surface area contributed by atoms with E-state index in [-0.39, 0.29) is 5.83 Å². The van der Waals surface area contributed by atoms with Crippen molar-refractivity contribution in [3.05, 3.63) is 41.7 Å². The predicted octanol–water partition coefficient (Wildman–Crippen LogP) is 3.02. The first-order valence-corrected chi connectivity index (χ1v) is 3.18. The van der Waals surface area contributed by atoms with Crippen LogP contribution in [0.15, 0.2) is 36.2 Å². The zero-order chi connectivity index (χ0) is 7.40. The van der Waals surface area contributed by atoms with Crippen LogP contribution in [0.25, 0.3) is 6.08 Å². The van der Waals surface area contributed by atoms with E-state index in [2.05, 4.69) is 0 Å². The van der Waals surface area contributed by atoms with Gasteiger partial charge in [-0.05, 0) is 18.6 Å². The van der Waals surface area contributed by atoms with Crippen molar-refractivity contribution in [2.24, 2.45) is 0 Å². The molecule has 0 N–H and O–H groups in total. The van der Waals surface area contributed by atoms with Crippen LogP contribution in [0.2, 0.25) is 0 Å². The van der Waals surface area contributed by atoms with Crippen LogP contribution in [0.3, 0.4) is 0 Å². The Bertz CT molecular complexity index is 220. The maximum Gasteiger partial charge on any atom is 0.0974 e. The summed E-state index contributed by atoms with van der Waals surface area (Å²) in [6.07, 6.45) is 1.50. The fourth-order valence-electron chi connectivity index (χ4n) is 0.779. The van der Waals surface area contributed by atoms with Gasteiger partial charge in [0.05, 0.1) is 5.83 Å². The minimum absolute atomic E-state index is 0.161. The molecule has 0 aliphatic heterocycles. The number of hydrogen-bond donors (Lipinski definition) is 0. The number of allylic oxidation sites excluding steroid dienone is 1. The van der Waals surface area contributed by atoms with Crippen molar-refractivity contribution in [2.75, 3.05) is 0 Å². The summed E-state index contributed by atoms with van der Waals surface area (Å²) in [6.45, 7) is 1.44. The molecule has 10 heavy (non-hydrogen) atoms. The van der Waals surface area contributed by atoms with Crippen LogP contribution in [0.5, 0.6) is 0 Å². The largest absolute Gasteiger partial charge is 0.212 e. The van der Waals surface area contributed by atoms with Crippen LogP contribution in [0.1, 0.15) is 12.5 Å². The van der Waals surface area contributed by atoms with Gasteiger partial charge in [-0.15, -0.1) is 0 Å². The molecule has 0 bridgehead atoms. The highest BCUT2D eigenvalue weighted by Crippen LogP contribution is 2.05. The average Bonchev–Trinajstić information content (AvgIpc) is 1.88. The van der Waals surface area contributed by atoms with Crippen LogP contribution >= 0.6 is 0 Å². The lowest BCUT2D eigenvalue weighted by Gasteiger charge is -1.89. The molecular formula is C9H9F. The normalized spacial score (nSPS) is 11.6. The van der Waals surface area contributed by atoms with Gasteiger partial charge in [0.2, 0.25) is 0 Å². The Morgan fingerprint density at radius 1 is 1.30 bits per heavy atom. The second-order valence-electron chi connectivity index (χ2n) is 2.14. The number of halogens is 1. The van der Waals surface area contributed by atoms with E-state index in [4.69, 9.17) is 0 Å². The lowest BCUT2D eigenvalue weighted by Crippen LogP contribution is -1.68. The summed E-state index contributed by atoms with van der Waals surface area (Å²) in [6, 6.07) is 9.40. The van der Waals surface area contributed by atoms with E-state index in [9.17, 15) is 4.39 Å². The van der Waals surface area contributed by atoms with Gasteiger partial charge in [-0.1, -0.05) is 30.3 Å². The fraction of sp³-hybridized carbons (Fsp3) is 0.111. The molecular weight excluding hydrogens is 127 g/mol. The second-order valence-corrected chi connectivity index (χ2v) is 2.14. The number of rotatable bonds is 1. The standard InChI is InChI=1S/C9H9F/c1-8(10)7-9-5-3-2-4-6-9/h2-7H,1H3/b8-7-. The molecule has 1 aromatic rings. The molecule has 1 aromatic carbocycles. The van der Waals surface area contributed by atoms with Gasteiger partial charge in [0, 0.05) is 0 Å². The van der Waals surface area contributed by atoms with Crippen molar-refractivity contribution >= 4 is 6.08 Å². The molecule has 0 atom stereocenters. The fourth-order valence-corrected chi connectivity index (χ4v) is 0.779. The molecule has 0 nitrogen and oxygen atoms in total. The minimum atomic E-state index is -0.161. The molecule has 0 unspecified atom stereocenters. The van der Waals surface area contributed by atoms with Gasteiger partial charge in [0.1, 0.15) is 0 Å². The lowest BCUT2D eigenvalue weighted by atomic mass is 10.2. The Labute approximate surface area is 60.0 Å². The highest BCUT2D eigenvalue weighted by molar-refractivity contribution is 5.50. The summed E-state index contributed by atoms with van der Waals surface area (Å²) in [5.41, 5.74) is 0.905.